The van der Waals surface area contributed by atoms with Gasteiger partial charge in [0.05, 0.1) is 18.5 Å². The fourth-order valence-electron chi connectivity index (χ4n) is 2.16. The molecule has 0 amide bonds. The van der Waals surface area contributed by atoms with Gasteiger partial charge in [-0.3, -0.25) is 4.98 Å². The van der Waals surface area contributed by atoms with Crippen molar-refractivity contribution in [1.82, 2.24) is 4.98 Å². The molecule has 1 unspecified atom stereocenters. The maximum absolute atomic E-state index is 13.1. The summed E-state index contributed by atoms with van der Waals surface area (Å²) in [6.45, 7) is 0.281. The number of benzene rings is 1. The Morgan fingerprint density at radius 2 is 2.25 bits per heavy atom. The van der Waals surface area contributed by atoms with E-state index >= 15 is 0 Å². The summed E-state index contributed by atoms with van der Waals surface area (Å²) >= 11 is 0. The third-order valence-electron chi connectivity index (χ3n) is 3.16. The number of aromatic nitrogens is 1. The second-order valence-electron chi connectivity index (χ2n) is 4.65. The number of nitrogens with zero attached hydrogens (tertiary/aromatic N) is 1. The highest BCUT2D eigenvalue weighted by molar-refractivity contribution is 5.38. The molecule has 0 saturated carbocycles. The third-order valence-corrected chi connectivity index (χ3v) is 3.16. The first-order valence-electron chi connectivity index (χ1n) is 6.38. The predicted octanol–water partition coefficient (Wildman–Crippen LogP) is 2.10. The summed E-state index contributed by atoms with van der Waals surface area (Å²) in [5.41, 5.74) is 1.46. The van der Waals surface area contributed by atoms with E-state index in [4.69, 9.17) is 14.6 Å². The summed E-state index contributed by atoms with van der Waals surface area (Å²) in [7, 11) is 0. The maximum atomic E-state index is 13.1. The smallest absolute Gasteiger partial charge is 0.137 e. The van der Waals surface area contributed by atoms with Crippen molar-refractivity contribution >= 4 is 0 Å². The maximum Gasteiger partial charge on any atom is 0.137 e. The molecule has 2 aromatic rings. The van der Waals surface area contributed by atoms with E-state index < -0.39 is 0 Å². The number of hydrogen-bond donors (Lipinski definition) is 1. The second-order valence-corrected chi connectivity index (χ2v) is 4.65. The van der Waals surface area contributed by atoms with Gasteiger partial charge >= 0.3 is 0 Å². The lowest BCUT2D eigenvalue weighted by Gasteiger charge is -2.12. The molecule has 0 bridgehead atoms. The Morgan fingerprint density at radius 3 is 3.00 bits per heavy atom. The topological polar surface area (TPSA) is 51.6 Å². The molecule has 5 heteroatoms. The van der Waals surface area contributed by atoms with Gasteiger partial charge in [-0.1, -0.05) is 0 Å². The van der Waals surface area contributed by atoms with Crippen LogP contribution in [0.2, 0.25) is 0 Å². The average molecular weight is 275 g/mol. The predicted molar refractivity (Wildman–Crippen MR) is 70.2 cm³/mol. The van der Waals surface area contributed by atoms with Crippen molar-refractivity contribution in [3.05, 3.63) is 53.6 Å². The summed E-state index contributed by atoms with van der Waals surface area (Å²) < 4.78 is 24.4. The van der Waals surface area contributed by atoms with E-state index in [1.54, 1.807) is 24.4 Å². The van der Waals surface area contributed by atoms with E-state index in [1.807, 2.05) is 0 Å². The normalized spacial score (nSPS) is 16.6. The first-order chi connectivity index (χ1) is 9.74. The van der Waals surface area contributed by atoms with Gasteiger partial charge in [0.25, 0.3) is 0 Å². The largest absolute Gasteiger partial charge is 0.488 e. The molecular weight excluding hydrogens is 261 g/mol. The minimum Gasteiger partial charge on any atom is -0.488 e. The van der Waals surface area contributed by atoms with Gasteiger partial charge in [0.1, 0.15) is 30.0 Å². The molecule has 1 N–H and O–H groups in total. The van der Waals surface area contributed by atoms with Crippen molar-refractivity contribution < 1.29 is 19.0 Å². The Hall–Kier alpha value is -2.14. The number of fused-ring (bicyclic) bond motifs is 1. The number of aliphatic hydroxyl groups excluding tert-OH is 1. The molecule has 20 heavy (non-hydrogen) atoms. The highest BCUT2D eigenvalue weighted by atomic mass is 19.1. The minimum absolute atomic E-state index is 0.0904. The van der Waals surface area contributed by atoms with E-state index in [-0.39, 0.29) is 18.5 Å². The highest BCUT2D eigenvalue weighted by Gasteiger charge is 2.23. The monoisotopic (exact) mass is 275 g/mol. The molecular formula is C15H14FNO3. The molecule has 104 valence electrons. The molecule has 0 radical (unpaired) electrons. The van der Waals surface area contributed by atoms with Gasteiger partial charge in [-0.15, -0.1) is 0 Å². The summed E-state index contributed by atoms with van der Waals surface area (Å²) in [6.07, 6.45) is 2.08. The lowest BCUT2D eigenvalue weighted by molar-refractivity contribution is 0.148. The van der Waals surface area contributed by atoms with Gasteiger partial charge in [0.2, 0.25) is 0 Å². The van der Waals surface area contributed by atoms with Gasteiger partial charge in [-0.25, -0.2) is 4.39 Å². The Morgan fingerprint density at radius 1 is 1.35 bits per heavy atom. The molecule has 0 spiro atoms. The first kappa shape index (κ1) is 12.9. The van der Waals surface area contributed by atoms with E-state index in [2.05, 4.69) is 4.98 Å². The quantitative estimate of drug-likeness (QED) is 0.928. The van der Waals surface area contributed by atoms with E-state index in [1.165, 1.54) is 12.1 Å². The molecule has 3 rings (SSSR count). The number of hydrogen-bond acceptors (Lipinski definition) is 4. The van der Waals surface area contributed by atoms with Gasteiger partial charge in [-0.05, 0) is 30.3 Å². The highest BCUT2D eigenvalue weighted by Crippen LogP contribution is 2.29. The number of halogens is 1. The van der Waals surface area contributed by atoms with Crippen molar-refractivity contribution in [1.29, 1.82) is 0 Å². The van der Waals surface area contributed by atoms with Crippen molar-refractivity contribution in [3.8, 4) is 11.5 Å². The number of aliphatic hydroxyl groups is 1. The molecule has 1 aliphatic rings. The fraction of sp³-hybridized carbons (Fsp3) is 0.267. The van der Waals surface area contributed by atoms with Crippen molar-refractivity contribution in [2.75, 3.05) is 6.61 Å². The van der Waals surface area contributed by atoms with Gasteiger partial charge < -0.3 is 14.6 Å². The molecule has 1 aromatic heterocycles. The summed E-state index contributed by atoms with van der Waals surface area (Å²) in [6, 6.07) is 7.98. The SMILES string of the molecule is OCc1ccc(OCC2Cc3cc(F)ccc3O2)cn1. The van der Waals surface area contributed by atoms with Crippen LogP contribution in [0.4, 0.5) is 4.39 Å². The van der Waals surface area contributed by atoms with Crippen LogP contribution in [0.5, 0.6) is 11.5 Å². The van der Waals surface area contributed by atoms with Crippen LogP contribution in [-0.2, 0) is 13.0 Å². The number of ether oxygens (including phenoxy) is 2. The van der Waals surface area contributed by atoms with Gasteiger partial charge in [0, 0.05) is 12.0 Å². The zero-order chi connectivity index (χ0) is 13.9. The number of rotatable bonds is 4. The second kappa shape index (κ2) is 5.46. The standard InChI is InChI=1S/C15H14FNO3/c16-11-1-4-15-10(5-11)6-14(20-15)9-19-13-3-2-12(8-18)17-7-13/h1-5,7,14,18H,6,8-9H2. The molecule has 1 aromatic carbocycles. The van der Waals surface area contributed by atoms with Crippen LogP contribution in [0.25, 0.3) is 0 Å². The molecule has 0 fully saturated rings. The van der Waals surface area contributed by atoms with Crippen LogP contribution in [0, 0.1) is 5.82 Å². The fourth-order valence-corrected chi connectivity index (χ4v) is 2.16. The Bertz CT molecular complexity index is 601. The molecule has 0 aliphatic carbocycles. The average Bonchev–Trinajstić information content (AvgIpc) is 2.87. The van der Waals surface area contributed by atoms with E-state index in [0.717, 1.165) is 5.56 Å². The summed E-state index contributed by atoms with van der Waals surface area (Å²) in [5, 5.41) is 8.90. The lowest BCUT2D eigenvalue weighted by atomic mass is 10.1. The Balaban J connectivity index is 1.58. The van der Waals surface area contributed by atoms with Crippen LogP contribution in [0.3, 0.4) is 0 Å². The molecule has 0 saturated heterocycles. The molecule has 2 heterocycles. The van der Waals surface area contributed by atoms with Crippen molar-refractivity contribution in [2.24, 2.45) is 0 Å². The molecule has 4 nitrogen and oxygen atoms in total. The first-order valence-corrected chi connectivity index (χ1v) is 6.38. The molecule has 1 aliphatic heterocycles. The number of pyridine rings is 1. The van der Waals surface area contributed by atoms with Crippen LogP contribution in [-0.4, -0.2) is 22.8 Å². The Kier molecular flexibility index (Phi) is 3.52. The van der Waals surface area contributed by atoms with Crippen LogP contribution >= 0.6 is 0 Å². The lowest BCUT2D eigenvalue weighted by Crippen LogP contribution is -2.22. The van der Waals surface area contributed by atoms with E-state index in [9.17, 15) is 4.39 Å². The zero-order valence-electron chi connectivity index (χ0n) is 10.8. The Labute approximate surface area is 115 Å². The van der Waals surface area contributed by atoms with Gasteiger partial charge in [-0.2, -0.15) is 0 Å². The van der Waals surface area contributed by atoms with Crippen LogP contribution in [0.15, 0.2) is 36.5 Å². The molecule has 1 atom stereocenters. The summed E-state index contributed by atoms with van der Waals surface area (Å²) in [5.74, 6) is 1.08. The zero-order valence-corrected chi connectivity index (χ0v) is 10.8. The van der Waals surface area contributed by atoms with Crippen LogP contribution < -0.4 is 9.47 Å². The van der Waals surface area contributed by atoms with Crippen molar-refractivity contribution in [2.45, 2.75) is 19.1 Å². The van der Waals surface area contributed by atoms with Gasteiger partial charge in [0.15, 0.2) is 0 Å². The van der Waals surface area contributed by atoms with Crippen molar-refractivity contribution in [3.63, 3.8) is 0 Å². The minimum atomic E-state index is -0.252. The third kappa shape index (κ3) is 2.72. The summed E-state index contributed by atoms with van der Waals surface area (Å²) in [4.78, 5) is 4.03. The van der Waals surface area contributed by atoms with Crippen LogP contribution in [0.1, 0.15) is 11.3 Å². The van der Waals surface area contributed by atoms with E-state index in [0.29, 0.717) is 30.2 Å².